The van der Waals surface area contributed by atoms with Gasteiger partial charge in [-0.2, -0.15) is 5.26 Å². The topological polar surface area (TPSA) is 33.0 Å². The van der Waals surface area contributed by atoms with Gasteiger partial charge < -0.3 is 4.74 Å². The average Bonchev–Trinajstić information content (AvgIpc) is 2.46. The maximum Gasteiger partial charge on any atom is 0.142 e. The van der Waals surface area contributed by atoms with Crippen LogP contribution in [0.25, 0.3) is 0 Å². The third kappa shape index (κ3) is 3.83. The van der Waals surface area contributed by atoms with Gasteiger partial charge in [-0.25, -0.2) is 0 Å². The fourth-order valence-corrected chi connectivity index (χ4v) is 2.74. The Morgan fingerprint density at radius 2 is 1.90 bits per heavy atom. The van der Waals surface area contributed by atoms with Crippen molar-refractivity contribution < 1.29 is 4.74 Å². The van der Waals surface area contributed by atoms with Crippen molar-refractivity contribution in [3.8, 4) is 11.8 Å². The van der Waals surface area contributed by atoms with Gasteiger partial charge in [0, 0.05) is 10.6 Å². The number of hydrogen-bond donors (Lipinski definition) is 0. The monoisotopic (exact) mass is 339 g/mol. The number of alkyl halides is 1. The molecule has 2 nitrogen and oxygen atoms in total. The van der Waals surface area contributed by atoms with Gasteiger partial charge in [0.15, 0.2) is 0 Å². The molecule has 2 rings (SSSR count). The fourth-order valence-electron chi connectivity index (χ4n) is 1.95. The quantitative estimate of drug-likeness (QED) is 0.689. The van der Waals surface area contributed by atoms with Crippen molar-refractivity contribution >= 4 is 34.8 Å². The number of halogens is 3. The summed E-state index contributed by atoms with van der Waals surface area (Å²) in [5.41, 5.74) is 3.36. The molecular weight excluding hydrogens is 329 g/mol. The molecule has 0 unspecified atom stereocenters. The Morgan fingerprint density at radius 1 is 1.14 bits per heavy atom. The molecule has 2 aromatic carbocycles. The summed E-state index contributed by atoms with van der Waals surface area (Å²) in [5.74, 6) is 0.807. The predicted octanol–water partition coefficient (Wildman–Crippen LogP) is 5.49. The third-order valence-corrected chi connectivity index (χ3v) is 3.86. The maximum absolute atomic E-state index is 8.87. The maximum atomic E-state index is 8.87. The van der Waals surface area contributed by atoms with Crippen molar-refractivity contribution in [1.29, 1.82) is 5.26 Å². The second-order valence-corrected chi connectivity index (χ2v) is 5.66. The van der Waals surface area contributed by atoms with E-state index in [0.29, 0.717) is 28.0 Å². The van der Waals surface area contributed by atoms with Gasteiger partial charge in [-0.15, -0.1) is 11.6 Å². The standard InChI is InChI=1S/C16H12Cl3NO/c1-10-4-11(8-20)2-3-12(10)9-21-16-13(7-17)5-14(18)6-15(16)19/h2-6H,7,9H2,1H3. The van der Waals surface area contributed by atoms with Gasteiger partial charge in [-0.05, 0) is 42.3 Å². The van der Waals surface area contributed by atoms with Crippen molar-refractivity contribution in [2.45, 2.75) is 19.4 Å². The first-order chi connectivity index (χ1) is 10.0. The van der Waals surface area contributed by atoms with Gasteiger partial charge in [0.1, 0.15) is 12.4 Å². The van der Waals surface area contributed by atoms with Crippen molar-refractivity contribution in [2.24, 2.45) is 0 Å². The van der Waals surface area contributed by atoms with E-state index in [1.807, 2.05) is 19.1 Å². The molecule has 0 amide bonds. The Labute approximate surface area is 138 Å². The number of nitriles is 1. The van der Waals surface area contributed by atoms with Crippen molar-refractivity contribution in [3.05, 3.63) is 62.6 Å². The van der Waals surface area contributed by atoms with E-state index in [1.165, 1.54) is 0 Å². The molecule has 0 aromatic heterocycles. The highest BCUT2D eigenvalue weighted by Gasteiger charge is 2.11. The molecule has 0 aliphatic carbocycles. The first-order valence-corrected chi connectivity index (χ1v) is 7.50. The lowest BCUT2D eigenvalue weighted by Gasteiger charge is -2.13. The van der Waals surface area contributed by atoms with Gasteiger partial charge in [0.05, 0.1) is 22.5 Å². The van der Waals surface area contributed by atoms with E-state index < -0.39 is 0 Å². The summed E-state index contributed by atoms with van der Waals surface area (Å²) in [6.07, 6.45) is 0. The lowest BCUT2D eigenvalue weighted by Crippen LogP contribution is -2.01. The van der Waals surface area contributed by atoms with Crippen LogP contribution >= 0.6 is 34.8 Å². The van der Waals surface area contributed by atoms with Crippen LogP contribution < -0.4 is 4.74 Å². The number of aryl methyl sites for hydroxylation is 1. The van der Waals surface area contributed by atoms with Crippen molar-refractivity contribution in [2.75, 3.05) is 0 Å². The number of nitrogens with zero attached hydrogens (tertiary/aromatic N) is 1. The Morgan fingerprint density at radius 3 is 2.52 bits per heavy atom. The second kappa shape index (κ2) is 7.04. The highest BCUT2D eigenvalue weighted by atomic mass is 35.5. The van der Waals surface area contributed by atoms with Crippen LogP contribution in [0.2, 0.25) is 10.0 Å². The van der Waals surface area contributed by atoms with Crippen LogP contribution in [0.1, 0.15) is 22.3 Å². The molecule has 108 valence electrons. The largest absolute Gasteiger partial charge is 0.487 e. The molecule has 0 aliphatic rings. The number of rotatable bonds is 4. The summed E-state index contributed by atoms with van der Waals surface area (Å²) in [6, 6.07) is 10.9. The molecule has 0 fully saturated rings. The van der Waals surface area contributed by atoms with Crippen LogP contribution in [0.3, 0.4) is 0 Å². The van der Waals surface area contributed by atoms with Gasteiger partial charge in [-0.1, -0.05) is 29.3 Å². The lowest BCUT2D eigenvalue weighted by atomic mass is 10.1. The predicted molar refractivity (Wildman–Crippen MR) is 86.2 cm³/mol. The summed E-state index contributed by atoms with van der Waals surface area (Å²) in [4.78, 5) is 0. The fraction of sp³-hybridized carbons (Fsp3) is 0.188. The van der Waals surface area contributed by atoms with Gasteiger partial charge >= 0.3 is 0 Å². The smallest absolute Gasteiger partial charge is 0.142 e. The summed E-state index contributed by atoms with van der Waals surface area (Å²) < 4.78 is 5.80. The minimum absolute atomic E-state index is 0.266. The Bertz CT molecular complexity index is 707. The number of hydrogen-bond acceptors (Lipinski definition) is 2. The summed E-state index contributed by atoms with van der Waals surface area (Å²) >= 11 is 18.0. The number of benzene rings is 2. The minimum Gasteiger partial charge on any atom is -0.487 e. The van der Waals surface area contributed by atoms with Gasteiger partial charge in [0.25, 0.3) is 0 Å². The summed E-state index contributed by atoms with van der Waals surface area (Å²) in [6.45, 7) is 2.29. The normalized spacial score (nSPS) is 10.2. The zero-order chi connectivity index (χ0) is 15.4. The SMILES string of the molecule is Cc1cc(C#N)ccc1COc1c(Cl)cc(Cl)cc1CCl. The first kappa shape index (κ1) is 16.0. The average molecular weight is 341 g/mol. The van der Waals surface area contributed by atoms with Crippen LogP contribution in [-0.4, -0.2) is 0 Å². The molecule has 0 atom stereocenters. The molecule has 0 bridgehead atoms. The van der Waals surface area contributed by atoms with E-state index in [2.05, 4.69) is 6.07 Å². The van der Waals surface area contributed by atoms with Crippen LogP contribution in [0.5, 0.6) is 5.75 Å². The number of ether oxygens (including phenoxy) is 1. The zero-order valence-corrected chi connectivity index (χ0v) is 13.6. The van der Waals surface area contributed by atoms with Gasteiger partial charge in [0.2, 0.25) is 0 Å². The molecule has 0 N–H and O–H groups in total. The van der Waals surface area contributed by atoms with Crippen LogP contribution in [0.4, 0.5) is 0 Å². The van der Waals surface area contributed by atoms with E-state index in [9.17, 15) is 0 Å². The van der Waals surface area contributed by atoms with Gasteiger partial charge in [-0.3, -0.25) is 0 Å². The molecular formula is C16H12Cl3NO. The molecule has 5 heteroatoms. The Kier molecular flexibility index (Phi) is 5.36. The van der Waals surface area contributed by atoms with Crippen molar-refractivity contribution in [3.63, 3.8) is 0 Å². The molecule has 0 spiro atoms. The summed E-state index contributed by atoms with van der Waals surface area (Å²) in [5, 5.41) is 9.83. The molecule has 2 aromatic rings. The highest BCUT2D eigenvalue weighted by Crippen LogP contribution is 2.34. The second-order valence-electron chi connectivity index (χ2n) is 4.55. The summed E-state index contributed by atoms with van der Waals surface area (Å²) in [7, 11) is 0. The Balaban J connectivity index is 2.23. The lowest BCUT2D eigenvalue weighted by molar-refractivity contribution is 0.303. The van der Waals surface area contributed by atoms with Crippen LogP contribution in [0, 0.1) is 18.3 Å². The van der Waals surface area contributed by atoms with E-state index in [0.717, 1.165) is 16.7 Å². The van der Waals surface area contributed by atoms with Crippen molar-refractivity contribution in [1.82, 2.24) is 0 Å². The first-order valence-electron chi connectivity index (χ1n) is 6.21. The van der Waals surface area contributed by atoms with Crippen LogP contribution in [-0.2, 0) is 12.5 Å². The van der Waals surface area contributed by atoms with Crippen LogP contribution in [0.15, 0.2) is 30.3 Å². The zero-order valence-electron chi connectivity index (χ0n) is 11.3. The van der Waals surface area contributed by atoms with E-state index in [-0.39, 0.29) is 5.88 Å². The Hall–Kier alpha value is -1.40. The minimum atomic E-state index is 0.266. The molecule has 0 heterocycles. The highest BCUT2D eigenvalue weighted by molar-refractivity contribution is 6.36. The van der Waals surface area contributed by atoms with E-state index in [4.69, 9.17) is 44.8 Å². The third-order valence-electron chi connectivity index (χ3n) is 3.07. The molecule has 21 heavy (non-hydrogen) atoms. The molecule has 0 saturated heterocycles. The molecule has 0 aliphatic heterocycles. The molecule has 0 saturated carbocycles. The van der Waals surface area contributed by atoms with E-state index in [1.54, 1.807) is 18.2 Å². The van der Waals surface area contributed by atoms with E-state index >= 15 is 0 Å². The molecule has 0 radical (unpaired) electrons.